The summed E-state index contributed by atoms with van der Waals surface area (Å²) >= 11 is 0. The van der Waals surface area contributed by atoms with Crippen LogP contribution in [0.2, 0.25) is 0 Å². The minimum atomic E-state index is -0.248. The van der Waals surface area contributed by atoms with Crippen LogP contribution in [0, 0.1) is 0 Å². The number of methoxy groups -OCH3 is 2. The molecule has 2 rings (SSSR count). The standard InChI is InChI=1S/C25H36N2O4/c1-19-20(23(29)25(31-4)24(30-3)22(19)28)15-11-9-7-5-6-8-10-14-18-27(2)21-16-12-13-17-26-21/h12-13,16-17H,5-11,14-15,18H2,1-4H3. The molecule has 6 heteroatoms. The first-order chi connectivity index (χ1) is 15.0. The van der Waals surface area contributed by atoms with Crippen molar-refractivity contribution in [2.45, 2.75) is 64.7 Å². The van der Waals surface area contributed by atoms with Gasteiger partial charge in [-0.2, -0.15) is 0 Å². The molecule has 0 amide bonds. The number of carbonyl (C=O) groups excluding carboxylic acids is 2. The summed E-state index contributed by atoms with van der Waals surface area (Å²) in [7, 11) is 4.87. The Morgan fingerprint density at radius 1 is 0.839 bits per heavy atom. The van der Waals surface area contributed by atoms with E-state index in [1.807, 2.05) is 24.4 Å². The third-order valence-corrected chi connectivity index (χ3v) is 5.80. The average Bonchev–Trinajstić information content (AvgIpc) is 2.79. The van der Waals surface area contributed by atoms with Crippen molar-refractivity contribution in [1.29, 1.82) is 0 Å². The maximum atomic E-state index is 12.6. The van der Waals surface area contributed by atoms with Crippen LogP contribution in [0.1, 0.15) is 64.7 Å². The van der Waals surface area contributed by atoms with Crippen LogP contribution < -0.4 is 4.90 Å². The number of anilines is 1. The number of rotatable bonds is 14. The van der Waals surface area contributed by atoms with Crippen molar-refractivity contribution in [2.24, 2.45) is 0 Å². The van der Waals surface area contributed by atoms with E-state index in [1.54, 1.807) is 6.92 Å². The number of allylic oxidation sites excluding steroid dienone is 2. The van der Waals surface area contributed by atoms with Crippen molar-refractivity contribution < 1.29 is 19.1 Å². The zero-order chi connectivity index (χ0) is 22.6. The quantitative estimate of drug-likeness (QED) is 0.307. The van der Waals surface area contributed by atoms with E-state index in [2.05, 4.69) is 16.9 Å². The number of ether oxygens (including phenoxy) is 2. The van der Waals surface area contributed by atoms with Crippen LogP contribution in [-0.2, 0) is 19.1 Å². The van der Waals surface area contributed by atoms with E-state index in [4.69, 9.17) is 9.47 Å². The topological polar surface area (TPSA) is 68.7 Å². The number of hydrogen-bond donors (Lipinski definition) is 0. The van der Waals surface area contributed by atoms with Crippen molar-refractivity contribution >= 4 is 17.4 Å². The highest BCUT2D eigenvalue weighted by molar-refractivity contribution is 6.23. The van der Waals surface area contributed by atoms with Crippen molar-refractivity contribution in [3.63, 3.8) is 0 Å². The summed E-state index contributed by atoms with van der Waals surface area (Å²) in [5.41, 5.74) is 1.05. The summed E-state index contributed by atoms with van der Waals surface area (Å²) < 4.78 is 10.2. The van der Waals surface area contributed by atoms with Crippen LogP contribution in [0.4, 0.5) is 5.82 Å². The van der Waals surface area contributed by atoms with E-state index in [-0.39, 0.29) is 23.1 Å². The van der Waals surface area contributed by atoms with Crippen LogP contribution >= 0.6 is 0 Å². The molecule has 0 radical (unpaired) electrons. The Labute approximate surface area is 186 Å². The van der Waals surface area contributed by atoms with Crippen molar-refractivity contribution in [3.8, 4) is 0 Å². The molecule has 0 aliphatic heterocycles. The first-order valence-electron chi connectivity index (χ1n) is 11.2. The Morgan fingerprint density at radius 3 is 2.00 bits per heavy atom. The summed E-state index contributed by atoms with van der Waals surface area (Å²) in [6.45, 7) is 2.73. The number of nitrogens with zero attached hydrogens (tertiary/aromatic N) is 2. The molecule has 1 aromatic rings. The second-order valence-electron chi connectivity index (χ2n) is 8.02. The van der Waals surface area contributed by atoms with Gasteiger partial charge in [0.15, 0.2) is 0 Å². The number of pyridine rings is 1. The highest BCUT2D eigenvalue weighted by Crippen LogP contribution is 2.28. The van der Waals surface area contributed by atoms with E-state index >= 15 is 0 Å². The fourth-order valence-corrected chi connectivity index (χ4v) is 3.90. The maximum Gasteiger partial charge on any atom is 0.228 e. The number of Topliss-reactive ketones (excluding diaryl/α,β-unsaturated/α-hetero) is 2. The number of unbranched alkanes of at least 4 members (excludes halogenated alkanes) is 7. The zero-order valence-corrected chi connectivity index (χ0v) is 19.4. The molecule has 1 aliphatic rings. The molecule has 0 fully saturated rings. The minimum absolute atomic E-state index is 0.0139. The van der Waals surface area contributed by atoms with Crippen LogP contribution in [0.3, 0.4) is 0 Å². The molecule has 0 aromatic carbocycles. The first kappa shape index (κ1) is 24.6. The Morgan fingerprint density at radius 2 is 1.42 bits per heavy atom. The molecule has 31 heavy (non-hydrogen) atoms. The Bertz CT molecular complexity index is 799. The van der Waals surface area contributed by atoms with Gasteiger partial charge in [-0.05, 0) is 38.3 Å². The van der Waals surface area contributed by atoms with E-state index in [0.717, 1.165) is 31.6 Å². The number of carbonyl (C=O) groups is 2. The lowest BCUT2D eigenvalue weighted by Crippen LogP contribution is -2.25. The highest BCUT2D eigenvalue weighted by atomic mass is 16.5. The fourth-order valence-electron chi connectivity index (χ4n) is 3.90. The van der Waals surface area contributed by atoms with Crippen LogP contribution in [-0.4, -0.2) is 44.4 Å². The lowest BCUT2D eigenvalue weighted by molar-refractivity contribution is -0.121. The summed E-state index contributed by atoms with van der Waals surface area (Å²) in [6.07, 6.45) is 11.6. The molecule has 6 nitrogen and oxygen atoms in total. The van der Waals surface area contributed by atoms with Gasteiger partial charge in [0.2, 0.25) is 23.1 Å². The molecule has 1 heterocycles. The van der Waals surface area contributed by atoms with E-state index < -0.39 is 0 Å². The lowest BCUT2D eigenvalue weighted by atomic mass is 9.89. The summed E-state index contributed by atoms with van der Waals surface area (Å²) in [6, 6.07) is 5.99. The normalized spacial score (nSPS) is 14.3. The van der Waals surface area contributed by atoms with Gasteiger partial charge in [0.05, 0.1) is 14.2 Å². The van der Waals surface area contributed by atoms with E-state index in [1.165, 1.54) is 46.3 Å². The molecule has 0 saturated heterocycles. The van der Waals surface area contributed by atoms with Gasteiger partial charge >= 0.3 is 0 Å². The van der Waals surface area contributed by atoms with Gasteiger partial charge in [0.1, 0.15) is 5.82 Å². The molecule has 0 atom stereocenters. The Hall–Kier alpha value is -2.63. The molecule has 0 N–H and O–H groups in total. The molecule has 0 bridgehead atoms. The predicted molar refractivity (Wildman–Crippen MR) is 123 cm³/mol. The third-order valence-electron chi connectivity index (χ3n) is 5.80. The third kappa shape index (κ3) is 6.94. The molecule has 0 unspecified atom stereocenters. The lowest BCUT2D eigenvalue weighted by Gasteiger charge is -2.20. The predicted octanol–water partition coefficient (Wildman–Crippen LogP) is 5.00. The highest BCUT2D eigenvalue weighted by Gasteiger charge is 2.34. The smallest absolute Gasteiger partial charge is 0.228 e. The fraction of sp³-hybridized carbons (Fsp3) is 0.560. The summed E-state index contributed by atoms with van der Waals surface area (Å²) in [5, 5.41) is 0. The second kappa shape index (κ2) is 12.9. The largest absolute Gasteiger partial charge is 0.489 e. The van der Waals surface area contributed by atoms with E-state index in [0.29, 0.717) is 17.6 Å². The monoisotopic (exact) mass is 428 g/mol. The van der Waals surface area contributed by atoms with Crippen molar-refractivity contribution in [3.05, 3.63) is 47.1 Å². The van der Waals surface area contributed by atoms with Gasteiger partial charge in [0, 0.05) is 30.9 Å². The number of ketones is 2. The SMILES string of the molecule is COC1=C(OC)C(=O)C(CCCCCCCCCCN(C)c2ccccn2)=C(C)C1=O. The molecule has 1 aromatic heterocycles. The molecular weight excluding hydrogens is 392 g/mol. The van der Waals surface area contributed by atoms with Gasteiger partial charge in [-0.1, -0.05) is 44.6 Å². The maximum absolute atomic E-state index is 12.6. The second-order valence-corrected chi connectivity index (χ2v) is 8.02. The number of hydrogen-bond acceptors (Lipinski definition) is 6. The number of aromatic nitrogens is 1. The van der Waals surface area contributed by atoms with Crippen LogP contribution in [0.25, 0.3) is 0 Å². The summed E-state index contributed by atoms with van der Waals surface area (Å²) in [5.74, 6) is 0.606. The summed E-state index contributed by atoms with van der Waals surface area (Å²) in [4.78, 5) is 31.6. The Kier molecular flexibility index (Phi) is 10.3. The van der Waals surface area contributed by atoms with Crippen molar-refractivity contribution in [2.75, 3.05) is 32.7 Å². The van der Waals surface area contributed by atoms with Crippen LogP contribution in [0.15, 0.2) is 47.1 Å². The molecule has 1 aliphatic carbocycles. The average molecular weight is 429 g/mol. The van der Waals surface area contributed by atoms with Gasteiger partial charge in [-0.15, -0.1) is 0 Å². The van der Waals surface area contributed by atoms with E-state index in [9.17, 15) is 9.59 Å². The molecule has 0 spiro atoms. The molecule has 0 saturated carbocycles. The zero-order valence-electron chi connectivity index (χ0n) is 19.4. The van der Waals surface area contributed by atoms with Gasteiger partial charge < -0.3 is 14.4 Å². The molecule has 170 valence electrons. The van der Waals surface area contributed by atoms with Crippen LogP contribution in [0.5, 0.6) is 0 Å². The Balaban J connectivity index is 1.58. The van der Waals surface area contributed by atoms with Crippen molar-refractivity contribution in [1.82, 2.24) is 4.98 Å². The van der Waals surface area contributed by atoms with Gasteiger partial charge in [-0.25, -0.2) is 4.98 Å². The van der Waals surface area contributed by atoms with Gasteiger partial charge in [-0.3, -0.25) is 9.59 Å². The minimum Gasteiger partial charge on any atom is -0.489 e. The molecular formula is C25H36N2O4. The van der Waals surface area contributed by atoms with Gasteiger partial charge in [0.25, 0.3) is 0 Å². The first-order valence-corrected chi connectivity index (χ1v) is 11.2.